The van der Waals surface area contributed by atoms with Crippen LogP contribution in [0.25, 0.3) is 0 Å². The average molecular weight is 1090 g/mol. The Kier molecular flexibility index (Phi) is 28.3. The minimum Gasteiger partial charge on any atom is -0.461 e. The summed E-state index contributed by atoms with van der Waals surface area (Å²) in [7, 11) is 4.09. The van der Waals surface area contributed by atoms with E-state index in [2.05, 4.69) is 120 Å². The summed E-state index contributed by atoms with van der Waals surface area (Å²) in [5.74, 6) is 2.26. The third-order valence-electron chi connectivity index (χ3n) is 12.5. The maximum atomic E-state index is 5.97. The molecule has 0 aliphatic heterocycles. The lowest BCUT2D eigenvalue weighted by atomic mass is 9.85. The Hall–Kier alpha value is -3.26. The molecule has 3 aromatic carbocycles. The number of rotatable bonds is 37. The predicted molar refractivity (Wildman–Crippen MR) is 303 cm³/mol. The number of anilines is 2. The van der Waals surface area contributed by atoms with Gasteiger partial charge >= 0.3 is 12.0 Å². The maximum Gasteiger partial charge on any atom is 0.322 e. The molecule has 5 rings (SSSR count). The zero-order valence-electron chi connectivity index (χ0n) is 42.5. The van der Waals surface area contributed by atoms with E-state index in [1.807, 2.05) is 37.6 Å². The van der Waals surface area contributed by atoms with Gasteiger partial charge in [0.05, 0.1) is 13.1 Å². The summed E-state index contributed by atoms with van der Waals surface area (Å²) < 4.78 is 11.6. The Balaban J connectivity index is 1.32. The van der Waals surface area contributed by atoms with Gasteiger partial charge in [-0.05, 0) is 130 Å². The lowest BCUT2D eigenvalue weighted by molar-refractivity contribution is 0.299. The van der Waals surface area contributed by atoms with Gasteiger partial charge in [-0.15, -0.1) is 23.5 Å². The van der Waals surface area contributed by atoms with Crippen molar-refractivity contribution >= 4 is 81.3 Å². The molecule has 0 aliphatic rings. The normalized spacial score (nSPS) is 11.4. The van der Waals surface area contributed by atoms with E-state index in [0.717, 1.165) is 22.9 Å². The van der Waals surface area contributed by atoms with Gasteiger partial charge in [-0.2, -0.15) is 29.9 Å². The van der Waals surface area contributed by atoms with Crippen LogP contribution in [0.4, 0.5) is 11.4 Å². The number of aromatic nitrogens is 6. The van der Waals surface area contributed by atoms with Crippen molar-refractivity contribution in [3.05, 3.63) is 105 Å². The molecule has 0 N–H and O–H groups in total. The summed E-state index contributed by atoms with van der Waals surface area (Å²) in [6, 6.07) is 25.4. The predicted octanol–water partition coefficient (Wildman–Crippen LogP) is 16.9. The fourth-order valence-electron chi connectivity index (χ4n) is 8.46. The van der Waals surface area contributed by atoms with Gasteiger partial charge in [0, 0.05) is 41.2 Å². The number of ether oxygens (including phenoxy) is 2. The quantitative estimate of drug-likeness (QED) is 0.0215. The van der Waals surface area contributed by atoms with Crippen LogP contribution in [-0.4, -0.2) is 81.8 Å². The number of halogens is 4. The smallest absolute Gasteiger partial charge is 0.322 e. The SMILES string of the molecule is CCCCCCCCCCCCSc1cc(SCCCCCCCCCCCC)cc(C(c2ccc(N(C)CCOc3nc(Cl)nc(Cl)n3)cc2)c2ccc(N(C)CCOc3nc(Cl)nc(Cl)n3)cc2)c1. The Labute approximate surface area is 453 Å². The summed E-state index contributed by atoms with van der Waals surface area (Å²) in [5, 5.41) is -0.00939. The summed E-state index contributed by atoms with van der Waals surface area (Å²) in [5.41, 5.74) is 5.88. The molecule has 2 aromatic heterocycles. The molecular formula is C55H76Cl4N8O2S2. The standard InChI is InChI=1S/C55H76Cl4N8O2S2/c1-5-7-9-11-13-15-17-19-21-23-37-70-47-39-44(40-48(41-47)71-38-24-22-20-18-16-14-12-10-8-6-2)49(42-25-29-45(30-26-42)66(3)33-35-68-54-62-50(56)60-51(57)63-54)43-27-31-46(32-28-43)67(4)34-36-69-55-64-52(58)61-53(59)65-55/h25-32,39-41,49H,5-24,33-38H2,1-4H3. The number of likely N-dealkylation sites (N-methyl/N-ethyl adjacent to an activating group) is 2. The van der Waals surface area contributed by atoms with Crippen molar-refractivity contribution in [2.75, 3.05) is 61.7 Å². The molecule has 0 saturated carbocycles. The largest absolute Gasteiger partial charge is 0.461 e. The second-order valence-electron chi connectivity index (χ2n) is 18.3. The van der Waals surface area contributed by atoms with E-state index in [1.54, 1.807) is 0 Å². The Morgan fingerprint density at radius 3 is 1.08 bits per heavy atom. The van der Waals surface area contributed by atoms with Crippen LogP contribution in [0.5, 0.6) is 12.0 Å². The third kappa shape index (κ3) is 22.8. The zero-order valence-corrected chi connectivity index (χ0v) is 47.2. The molecule has 0 spiro atoms. The van der Waals surface area contributed by atoms with E-state index in [1.165, 1.54) is 155 Å². The Morgan fingerprint density at radius 2 is 0.746 bits per heavy atom. The number of unbranched alkanes of at least 4 members (excludes halogenated alkanes) is 18. The topological polar surface area (TPSA) is 102 Å². The number of hydrogen-bond donors (Lipinski definition) is 0. The number of thioether (sulfide) groups is 2. The molecular weight excluding hydrogens is 1010 g/mol. The fourth-order valence-corrected chi connectivity index (χ4v) is 11.3. The Morgan fingerprint density at radius 1 is 0.423 bits per heavy atom. The molecule has 0 aliphatic carbocycles. The molecule has 16 heteroatoms. The zero-order chi connectivity index (χ0) is 50.5. The van der Waals surface area contributed by atoms with Gasteiger partial charge in [0.2, 0.25) is 21.1 Å². The minimum atomic E-state index is -0.00235. The highest BCUT2D eigenvalue weighted by Gasteiger charge is 2.20. The molecule has 10 nitrogen and oxygen atoms in total. The molecule has 388 valence electrons. The van der Waals surface area contributed by atoms with E-state index < -0.39 is 0 Å². The van der Waals surface area contributed by atoms with Crippen molar-refractivity contribution < 1.29 is 9.47 Å². The molecule has 0 saturated heterocycles. The molecule has 5 aromatic rings. The number of hydrogen-bond acceptors (Lipinski definition) is 12. The van der Waals surface area contributed by atoms with Crippen LogP contribution in [-0.2, 0) is 0 Å². The van der Waals surface area contributed by atoms with E-state index in [4.69, 9.17) is 55.9 Å². The lowest BCUT2D eigenvalue weighted by Gasteiger charge is -2.24. The van der Waals surface area contributed by atoms with Gasteiger partial charge in [-0.3, -0.25) is 0 Å². The number of nitrogens with zero attached hydrogens (tertiary/aromatic N) is 8. The highest BCUT2D eigenvalue weighted by Crippen LogP contribution is 2.39. The average Bonchev–Trinajstić information content (AvgIpc) is 3.35. The molecule has 0 unspecified atom stereocenters. The first kappa shape index (κ1) is 58.6. The van der Waals surface area contributed by atoms with Gasteiger partial charge in [0.15, 0.2) is 0 Å². The van der Waals surface area contributed by atoms with Crippen LogP contribution in [0, 0.1) is 0 Å². The van der Waals surface area contributed by atoms with Gasteiger partial charge < -0.3 is 19.3 Å². The summed E-state index contributed by atoms with van der Waals surface area (Å²) in [4.78, 5) is 30.7. The monoisotopic (exact) mass is 1080 g/mol. The molecule has 0 amide bonds. The van der Waals surface area contributed by atoms with Crippen molar-refractivity contribution in [2.45, 2.75) is 158 Å². The van der Waals surface area contributed by atoms with Crippen molar-refractivity contribution in [2.24, 2.45) is 0 Å². The highest BCUT2D eigenvalue weighted by atomic mass is 35.5. The van der Waals surface area contributed by atoms with Gasteiger partial charge in [-0.25, -0.2) is 0 Å². The van der Waals surface area contributed by atoms with Gasteiger partial charge in [0.25, 0.3) is 0 Å². The molecule has 71 heavy (non-hydrogen) atoms. The van der Waals surface area contributed by atoms with Crippen LogP contribution in [0.1, 0.15) is 165 Å². The van der Waals surface area contributed by atoms with E-state index in [0.29, 0.717) is 26.3 Å². The minimum absolute atomic E-state index is 0.00235. The van der Waals surface area contributed by atoms with Gasteiger partial charge in [0.1, 0.15) is 13.2 Å². The van der Waals surface area contributed by atoms with Crippen LogP contribution in [0.3, 0.4) is 0 Å². The summed E-state index contributed by atoms with van der Waals surface area (Å²) in [6.45, 7) is 6.45. The molecule has 0 fully saturated rings. The van der Waals surface area contributed by atoms with Crippen LogP contribution < -0.4 is 19.3 Å². The maximum absolute atomic E-state index is 5.97. The first-order valence-electron chi connectivity index (χ1n) is 26.0. The first-order valence-corrected chi connectivity index (χ1v) is 29.5. The molecule has 0 radical (unpaired) electrons. The van der Waals surface area contributed by atoms with Crippen molar-refractivity contribution in [3.63, 3.8) is 0 Å². The molecule has 2 heterocycles. The molecule has 0 atom stereocenters. The second kappa shape index (κ2) is 34.3. The van der Waals surface area contributed by atoms with Crippen LogP contribution >= 0.6 is 69.9 Å². The van der Waals surface area contributed by atoms with Crippen LogP contribution in [0.2, 0.25) is 21.1 Å². The van der Waals surface area contributed by atoms with Crippen molar-refractivity contribution in [1.29, 1.82) is 0 Å². The van der Waals surface area contributed by atoms with E-state index in [9.17, 15) is 0 Å². The highest BCUT2D eigenvalue weighted by molar-refractivity contribution is 8.00. The van der Waals surface area contributed by atoms with Crippen LogP contribution in [0.15, 0.2) is 76.5 Å². The lowest BCUT2D eigenvalue weighted by Crippen LogP contribution is -2.24. The number of benzene rings is 3. The van der Waals surface area contributed by atoms with Crippen molar-refractivity contribution in [3.8, 4) is 12.0 Å². The van der Waals surface area contributed by atoms with E-state index in [-0.39, 0.29) is 39.1 Å². The van der Waals surface area contributed by atoms with Gasteiger partial charge in [-0.1, -0.05) is 154 Å². The van der Waals surface area contributed by atoms with E-state index >= 15 is 0 Å². The summed E-state index contributed by atoms with van der Waals surface area (Å²) >= 11 is 27.9. The summed E-state index contributed by atoms with van der Waals surface area (Å²) in [6.07, 6.45) is 26.9. The fraction of sp³-hybridized carbons (Fsp3) is 0.564. The third-order valence-corrected chi connectivity index (χ3v) is 15.3. The Bertz CT molecular complexity index is 2060. The van der Waals surface area contributed by atoms with Crippen molar-refractivity contribution in [1.82, 2.24) is 29.9 Å². The molecule has 0 bridgehead atoms. The first-order chi connectivity index (χ1) is 34.6. The second-order valence-corrected chi connectivity index (χ2v) is 22.0.